The number of esters is 1. The highest BCUT2D eigenvalue weighted by molar-refractivity contribution is 7.15. The normalized spacial score (nSPS) is 10.9. The van der Waals surface area contributed by atoms with Crippen LogP contribution in [0.25, 0.3) is 22.0 Å². The lowest BCUT2D eigenvalue weighted by Gasteiger charge is -2.10. The average molecular weight is 469 g/mol. The Labute approximate surface area is 190 Å². The van der Waals surface area contributed by atoms with E-state index < -0.39 is 29.1 Å². The first-order chi connectivity index (χ1) is 15.9. The van der Waals surface area contributed by atoms with E-state index >= 15 is 0 Å². The molecule has 0 bridgehead atoms. The first-order valence-corrected chi connectivity index (χ1v) is 10.7. The number of amides is 1. The Morgan fingerprint density at radius 1 is 1.12 bits per heavy atom. The molecule has 0 aliphatic rings. The van der Waals surface area contributed by atoms with Crippen LogP contribution in [0.15, 0.2) is 59.0 Å². The first kappa shape index (κ1) is 22.3. The van der Waals surface area contributed by atoms with E-state index in [9.17, 15) is 23.2 Å². The summed E-state index contributed by atoms with van der Waals surface area (Å²) in [6, 6.07) is 9.17. The van der Waals surface area contributed by atoms with E-state index in [2.05, 4.69) is 10.3 Å². The van der Waals surface area contributed by atoms with E-state index in [-0.39, 0.29) is 34.6 Å². The Morgan fingerprint density at radius 2 is 1.85 bits per heavy atom. The molecule has 4 rings (SSSR count). The number of carbonyl (C=O) groups excluding carboxylic acids is 2. The van der Waals surface area contributed by atoms with Crippen molar-refractivity contribution in [2.24, 2.45) is 0 Å². The molecular weight excluding hydrogens is 452 g/mol. The number of fused-ring (bicyclic) bond motifs is 1. The van der Waals surface area contributed by atoms with Crippen molar-refractivity contribution in [3.63, 3.8) is 0 Å². The van der Waals surface area contributed by atoms with Crippen molar-refractivity contribution in [1.82, 2.24) is 9.55 Å². The van der Waals surface area contributed by atoms with Crippen LogP contribution in [0, 0.1) is 11.6 Å². The zero-order valence-corrected chi connectivity index (χ0v) is 18.1. The van der Waals surface area contributed by atoms with Gasteiger partial charge in [0.1, 0.15) is 28.7 Å². The lowest BCUT2D eigenvalue weighted by Crippen LogP contribution is -2.28. The Morgan fingerprint density at radius 3 is 2.58 bits per heavy atom. The van der Waals surface area contributed by atoms with Crippen LogP contribution in [-0.2, 0) is 16.1 Å². The molecule has 2 aromatic heterocycles. The standard InChI is InChI=1S/C23H17F2N3O4S/c1-2-32-23(31)20-17(13-3-5-14(24)6-4-13)11-33-21(20)27-19(29)10-28-12-26-18-9-15(25)7-8-16(18)22(28)30/h3-9,11-12H,2,10H2,1H3,(H,27,29). The summed E-state index contributed by atoms with van der Waals surface area (Å²) in [5, 5.41) is 4.71. The third kappa shape index (κ3) is 4.65. The van der Waals surface area contributed by atoms with Crippen molar-refractivity contribution in [2.45, 2.75) is 13.5 Å². The summed E-state index contributed by atoms with van der Waals surface area (Å²) < 4.78 is 32.9. The minimum Gasteiger partial charge on any atom is -0.462 e. The summed E-state index contributed by atoms with van der Waals surface area (Å²) in [5.74, 6) is -2.15. The maximum atomic E-state index is 13.4. The van der Waals surface area contributed by atoms with Gasteiger partial charge in [-0.05, 0) is 36.8 Å². The van der Waals surface area contributed by atoms with Crippen LogP contribution < -0.4 is 10.9 Å². The number of benzene rings is 2. The molecule has 0 saturated heterocycles. The summed E-state index contributed by atoms with van der Waals surface area (Å²) in [6.07, 6.45) is 1.16. The maximum Gasteiger partial charge on any atom is 0.341 e. The molecule has 0 spiro atoms. The number of hydrogen-bond donors (Lipinski definition) is 1. The van der Waals surface area contributed by atoms with Crippen LogP contribution in [0.2, 0.25) is 0 Å². The van der Waals surface area contributed by atoms with Gasteiger partial charge in [0, 0.05) is 17.0 Å². The van der Waals surface area contributed by atoms with Gasteiger partial charge in [-0.1, -0.05) is 12.1 Å². The van der Waals surface area contributed by atoms with Crippen molar-refractivity contribution in [3.8, 4) is 11.1 Å². The van der Waals surface area contributed by atoms with Crippen LogP contribution in [-0.4, -0.2) is 28.0 Å². The molecule has 10 heteroatoms. The molecule has 2 heterocycles. The van der Waals surface area contributed by atoms with Crippen LogP contribution in [0.5, 0.6) is 0 Å². The van der Waals surface area contributed by atoms with Crippen LogP contribution in [0.4, 0.5) is 13.8 Å². The molecule has 0 radical (unpaired) electrons. The van der Waals surface area contributed by atoms with Gasteiger partial charge in [0.15, 0.2) is 0 Å². The molecule has 0 aliphatic carbocycles. The number of nitrogens with zero attached hydrogens (tertiary/aromatic N) is 2. The summed E-state index contributed by atoms with van der Waals surface area (Å²) in [6.45, 7) is 1.42. The monoisotopic (exact) mass is 469 g/mol. The molecule has 168 valence electrons. The van der Waals surface area contributed by atoms with Crippen molar-refractivity contribution in [3.05, 3.63) is 81.7 Å². The summed E-state index contributed by atoms with van der Waals surface area (Å²) >= 11 is 1.11. The molecule has 33 heavy (non-hydrogen) atoms. The lowest BCUT2D eigenvalue weighted by molar-refractivity contribution is -0.116. The smallest absolute Gasteiger partial charge is 0.341 e. The number of rotatable bonds is 6. The number of carbonyl (C=O) groups is 2. The van der Waals surface area contributed by atoms with Gasteiger partial charge in [-0.3, -0.25) is 14.2 Å². The van der Waals surface area contributed by atoms with Gasteiger partial charge in [-0.25, -0.2) is 18.6 Å². The van der Waals surface area contributed by atoms with Crippen LogP contribution >= 0.6 is 11.3 Å². The fourth-order valence-electron chi connectivity index (χ4n) is 3.26. The van der Waals surface area contributed by atoms with Crippen LogP contribution in [0.1, 0.15) is 17.3 Å². The number of thiophene rings is 1. The molecule has 0 aliphatic heterocycles. The van der Waals surface area contributed by atoms with Crippen LogP contribution in [0.3, 0.4) is 0 Å². The van der Waals surface area contributed by atoms with E-state index in [0.717, 1.165) is 34.4 Å². The third-order valence-electron chi connectivity index (χ3n) is 4.78. The first-order valence-electron chi connectivity index (χ1n) is 9.86. The van der Waals surface area contributed by atoms with Gasteiger partial charge >= 0.3 is 5.97 Å². The highest BCUT2D eigenvalue weighted by atomic mass is 32.1. The van der Waals surface area contributed by atoms with E-state index in [1.54, 1.807) is 12.3 Å². The predicted octanol–water partition coefficient (Wildman–Crippen LogP) is 4.22. The summed E-state index contributed by atoms with van der Waals surface area (Å²) in [4.78, 5) is 42.0. The number of anilines is 1. The number of ether oxygens (including phenoxy) is 1. The summed E-state index contributed by atoms with van der Waals surface area (Å²) in [5.41, 5.74) is 0.891. The topological polar surface area (TPSA) is 90.3 Å². The van der Waals surface area contributed by atoms with Gasteiger partial charge in [0.2, 0.25) is 5.91 Å². The van der Waals surface area contributed by atoms with Gasteiger partial charge in [-0.15, -0.1) is 11.3 Å². The molecule has 0 fully saturated rings. The van der Waals surface area contributed by atoms with Gasteiger partial charge < -0.3 is 10.1 Å². The number of hydrogen-bond acceptors (Lipinski definition) is 6. The molecule has 1 N–H and O–H groups in total. The fourth-order valence-corrected chi connectivity index (χ4v) is 4.24. The highest BCUT2D eigenvalue weighted by Gasteiger charge is 2.23. The minimum absolute atomic E-state index is 0.129. The van der Waals surface area contributed by atoms with Crippen molar-refractivity contribution in [2.75, 3.05) is 11.9 Å². The Hall–Kier alpha value is -3.92. The lowest BCUT2D eigenvalue weighted by atomic mass is 10.0. The Bertz CT molecular complexity index is 1410. The number of aromatic nitrogens is 2. The second-order valence-electron chi connectivity index (χ2n) is 6.97. The number of halogens is 2. The zero-order valence-electron chi connectivity index (χ0n) is 17.3. The molecule has 2 aromatic carbocycles. The van der Waals surface area contributed by atoms with Gasteiger partial charge in [0.05, 0.1) is 23.8 Å². The second kappa shape index (κ2) is 9.29. The van der Waals surface area contributed by atoms with Gasteiger partial charge in [-0.2, -0.15) is 0 Å². The average Bonchev–Trinajstić information content (AvgIpc) is 3.19. The SMILES string of the molecule is CCOC(=O)c1c(-c2ccc(F)cc2)csc1NC(=O)Cn1cnc2cc(F)ccc2c1=O. The summed E-state index contributed by atoms with van der Waals surface area (Å²) in [7, 11) is 0. The van der Waals surface area contributed by atoms with E-state index in [4.69, 9.17) is 4.74 Å². The van der Waals surface area contributed by atoms with Crippen molar-refractivity contribution >= 4 is 39.1 Å². The van der Waals surface area contributed by atoms with E-state index in [1.165, 1.54) is 30.3 Å². The Balaban J connectivity index is 1.63. The molecule has 0 unspecified atom stereocenters. The third-order valence-corrected chi connectivity index (χ3v) is 5.68. The molecular formula is C23H17F2N3O4S. The minimum atomic E-state index is -0.639. The van der Waals surface area contributed by atoms with E-state index in [1.807, 2.05) is 0 Å². The molecule has 0 atom stereocenters. The fraction of sp³-hybridized carbons (Fsp3) is 0.130. The van der Waals surface area contributed by atoms with Crippen molar-refractivity contribution in [1.29, 1.82) is 0 Å². The molecule has 0 saturated carbocycles. The molecule has 1 amide bonds. The van der Waals surface area contributed by atoms with Gasteiger partial charge in [0.25, 0.3) is 5.56 Å². The quantitative estimate of drug-likeness (QED) is 0.427. The zero-order chi connectivity index (χ0) is 23.5. The highest BCUT2D eigenvalue weighted by Crippen LogP contribution is 2.36. The van der Waals surface area contributed by atoms with Crippen molar-refractivity contribution < 1.29 is 23.1 Å². The second-order valence-corrected chi connectivity index (χ2v) is 7.85. The number of nitrogens with one attached hydrogen (secondary N) is 1. The molecule has 7 nitrogen and oxygen atoms in total. The van der Waals surface area contributed by atoms with E-state index in [0.29, 0.717) is 11.1 Å². The Kier molecular flexibility index (Phi) is 6.27. The molecule has 4 aromatic rings. The maximum absolute atomic E-state index is 13.4. The largest absolute Gasteiger partial charge is 0.462 e. The predicted molar refractivity (Wildman–Crippen MR) is 120 cm³/mol.